The van der Waals surface area contributed by atoms with Crippen LogP contribution in [0.2, 0.25) is 0 Å². The molecule has 1 aliphatic carbocycles. The van der Waals surface area contributed by atoms with Gasteiger partial charge in [-0.1, -0.05) is 13.3 Å². The Kier molecular flexibility index (Phi) is 4.36. The number of rotatable bonds is 5. The molecule has 2 N–H and O–H groups in total. The minimum Gasteiger partial charge on any atom is -0.363 e. The molecule has 0 aliphatic heterocycles. The number of hydrogen-bond donors (Lipinski definition) is 2. The zero-order chi connectivity index (χ0) is 8.81. The lowest BCUT2D eigenvalue weighted by Gasteiger charge is -2.08. The van der Waals surface area contributed by atoms with Crippen molar-refractivity contribution in [3.8, 4) is 0 Å². The molecule has 0 heterocycles. The van der Waals surface area contributed by atoms with Crippen LogP contribution in [0.5, 0.6) is 0 Å². The van der Waals surface area contributed by atoms with Crippen molar-refractivity contribution in [1.82, 2.24) is 10.6 Å². The number of nitrogens with one attached hydrogen (secondary N) is 2. The van der Waals surface area contributed by atoms with Crippen LogP contribution in [0.15, 0.2) is 0 Å². The van der Waals surface area contributed by atoms with Gasteiger partial charge in [0.05, 0.1) is 0 Å². The van der Waals surface area contributed by atoms with E-state index in [1.807, 2.05) is 0 Å². The summed E-state index contributed by atoms with van der Waals surface area (Å²) in [5, 5.41) is 7.24. The Morgan fingerprint density at radius 1 is 1.42 bits per heavy atom. The second-order valence-corrected chi connectivity index (χ2v) is 3.84. The lowest BCUT2D eigenvalue weighted by Crippen LogP contribution is -2.36. The van der Waals surface area contributed by atoms with E-state index < -0.39 is 0 Å². The molecule has 1 fully saturated rings. The summed E-state index contributed by atoms with van der Waals surface area (Å²) in [7, 11) is 0. The van der Waals surface area contributed by atoms with Crippen molar-refractivity contribution < 1.29 is 0 Å². The first-order valence-corrected chi connectivity index (χ1v) is 5.25. The Balaban J connectivity index is 1.88. The molecular formula is C9H18N2S. The van der Waals surface area contributed by atoms with Gasteiger partial charge in [0.25, 0.3) is 0 Å². The van der Waals surface area contributed by atoms with E-state index in [4.69, 9.17) is 12.2 Å². The van der Waals surface area contributed by atoms with E-state index in [0.717, 1.165) is 24.1 Å². The van der Waals surface area contributed by atoms with E-state index in [1.54, 1.807) is 0 Å². The van der Waals surface area contributed by atoms with Crippen molar-refractivity contribution in [1.29, 1.82) is 0 Å². The average Bonchev–Trinajstić information content (AvgIpc) is 2.84. The van der Waals surface area contributed by atoms with Gasteiger partial charge in [0.1, 0.15) is 0 Å². The number of hydrogen-bond acceptors (Lipinski definition) is 1. The van der Waals surface area contributed by atoms with Crippen LogP contribution in [0.1, 0.15) is 32.6 Å². The Labute approximate surface area is 80.1 Å². The van der Waals surface area contributed by atoms with Crippen LogP contribution in [-0.4, -0.2) is 18.2 Å². The van der Waals surface area contributed by atoms with E-state index >= 15 is 0 Å². The molecule has 0 radical (unpaired) electrons. The van der Waals surface area contributed by atoms with Crippen LogP contribution in [0.4, 0.5) is 0 Å². The van der Waals surface area contributed by atoms with E-state index in [0.29, 0.717) is 0 Å². The van der Waals surface area contributed by atoms with Crippen molar-refractivity contribution in [2.45, 2.75) is 32.6 Å². The Hall–Kier alpha value is -0.310. The highest BCUT2D eigenvalue weighted by Gasteiger charge is 2.20. The van der Waals surface area contributed by atoms with Crippen LogP contribution >= 0.6 is 12.2 Å². The third-order valence-corrected chi connectivity index (χ3v) is 2.35. The molecule has 0 unspecified atom stereocenters. The quantitative estimate of drug-likeness (QED) is 0.504. The lowest BCUT2D eigenvalue weighted by atomic mass is 10.3. The minimum absolute atomic E-state index is 0.829. The van der Waals surface area contributed by atoms with Crippen LogP contribution in [0.3, 0.4) is 0 Å². The molecule has 0 atom stereocenters. The summed E-state index contributed by atoms with van der Waals surface area (Å²) in [4.78, 5) is 0. The molecule has 0 aromatic carbocycles. The normalized spacial score (nSPS) is 15.8. The highest BCUT2D eigenvalue weighted by atomic mass is 32.1. The van der Waals surface area contributed by atoms with Crippen molar-refractivity contribution in [3.05, 3.63) is 0 Å². The smallest absolute Gasteiger partial charge is 0.166 e. The van der Waals surface area contributed by atoms with Gasteiger partial charge in [-0.25, -0.2) is 0 Å². The molecule has 0 saturated heterocycles. The second kappa shape index (κ2) is 5.36. The topological polar surface area (TPSA) is 24.1 Å². The molecule has 3 heteroatoms. The summed E-state index contributed by atoms with van der Waals surface area (Å²) < 4.78 is 0. The molecule has 0 amide bonds. The summed E-state index contributed by atoms with van der Waals surface area (Å²) >= 11 is 5.09. The van der Waals surface area contributed by atoms with Crippen LogP contribution in [-0.2, 0) is 0 Å². The first-order chi connectivity index (χ1) is 5.83. The van der Waals surface area contributed by atoms with Gasteiger partial charge in [-0.05, 0) is 37.4 Å². The Morgan fingerprint density at radius 2 is 2.17 bits per heavy atom. The van der Waals surface area contributed by atoms with Crippen molar-refractivity contribution >= 4 is 17.3 Å². The number of unbranched alkanes of at least 4 members (excludes halogenated alkanes) is 1. The third kappa shape index (κ3) is 4.54. The predicted molar refractivity (Wildman–Crippen MR) is 56.2 cm³/mol. The average molecular weight is 186 g/mol. The van der Waals surface area contributed by atoms with Crippen LogP contribution in [0.25, 0.3) is 0 Å². The van der Waals surface area contributed by atoms with Crippen molar-refractivity contribution in [2.24, 2.45) is 5.92 Å². The Bertz CT molecular complexity index is 143. The van der Waals surface area contributed by atoms with Gasteiger partial charge in [0, 0.05) is 13.1 Å². The predicted octanol–water partition coefficient (Wildman–Crippen LogP) is 1.66. The van der Waals surface area contributed by atoms with Crippen molar-refractivity contribution in [2.75, 3.05) is 13.1 Å². The molecule has 2 nitrogen and oxygen atoms in total. The van der Waals surface area contributed by atoms with Gasteiger partial charge in [0.2, 0.25) is 0 Å². The number of thiocarbonyl (C=S) groups is 1. The monoisotopic (exact) mass is 186 g/mol. The highest BCUT2D eigenvalue weighted by Crippen LogP contribution is 2.27. The standard InChI is InChI=1S/C9H18N2S/c1-2-3-6-10-9(12)11-7-8-4-5-8/h8H,2-7H2,1H3,(H2,10,11,12). The van der Waals surface area contributed by atoms with Crippen molar-refractivity contribution in [3.63, 3.8) is 0 Å². The summed E-state index contributed by atoms with van der Waals surface area (Å²) in [5.74, 6) is 0.899. The van der Waals surface area contributed by atoms with Gasteiger partial charge in [-0.3, -0.25) is 0 Å². The van der Waals surface area contributed by atoms with E-state index in [-0.39, 0.29) is 0 Å². The maximum Gasteiger partial charge on any atom is 0.166 e. The SMILES string of the molecule is CCCCNC(=S)NCC1CC1. The second-order valence-electron chi connectivity index (χ2n) is 3.43. The molecule has 12 heavy (non-hydrogen) atoms. The van der Waals surface area contributed by atoms with E-state index in [9.17, 15) is 0 Å². The van der Waals surface area contributed by atoms with Gasteiger partial charge in [0.15, 0.2) is 5.11 Å². The van der Waals surface area contributed by atoms with Crippen LogP contribution in [0, 0.1) is 5.92 Å². The fourth-order valence-corrected chi connectivity index (χ4v) is 1.19. The molecule has 0 bridgehead atoms. The fraction of sp³-hybridized carbons (Fsp3) is 0.889. The summed E-state index contributed by atoms with van der Waals surface area (Å²) in [6.07, 6.45) is 5.18. The summed E-state index contributed by atoms with van der Waals surface area (Å²) in [6.45, 7) is 4.26. The molecule has 0 aromatic rings. The lowest BCUT2D eigenvalue weighted by molar-refractivity contribution is 0.718. The molecular weight excluding hydrogens is 168 g/mol. The molecule has 1 rings (SSSR count). The first-order valence-electron chi connectivity index (χ1n) is 4.84. The zero-order valence-electron chi connectivity index (χ0n) is 7.73. The van der Waals surface area contributed by atoms with E-state index in [1.165, 1.54) is 25.7 Å². The highest BCUT2D eigenvalue weighted by molar-refractivity contribution is 7.80. The summed E-state index contributed by atoms with van der Waals surface area (Å²) in [5.41, 5.74) is 0. The largest absolute Gasteiger partial charge is 0.363 e. The van der Waals surface area contributed by atoms with Gasteiger partial charge in [-0.2, -0.15) is 0 Å². The molecule has 1 saturated carbocycles. The minimum atomic E-state index is 0.829. The van der Waals surface area contributed by atoms with Gasteiger partial charge >= 0.3 is 0 Å². The van der Waals surface area contributed by atoms with E-state index in [2.05, 4.69) is 17.6 Å². The molecule has 0 spiro atoms. The van der Waals surface area contributed by atoms with Crippen LogP contribution < -0.4 is 10.6 Å². The molecule has 70 valence electrons. The zero-order valence-corrected chi connectivity index (χ0v) is 8.54. The van der Waals surface area contributed by atoms with Gasteiger partial charge < -0.3 is 10.6 Å². The molecule has 1 aliphatic rings. The maximum atomic E-state index is 5.09. The maximum absolute atomic E-state index is 5.09. The first kappa shape index (κ1) is 9.78. The fourth-order valence-electron chi connectivity index (χ4n) is 1.00. The Morgan fingerprint density at radius 3 is 2.75 bits per heavy atom. The summed E-state index contributed by atoms with van der Waals surface area (Å²) in [6, 6.07) is 0. The van der Waals surface area contributed by atoms with Gasteiger partial charge in [-0.15, -0.1) is 0 Å². The molecule has 0 aromatic heterocycles. The third-order valence-electron chi connectivity index (χ3n) is 2.06.